The fourth-order valence-corrected chi connectivity index (χ4v) is 2.80. The van der Waals surface area contributed by atoms with E-state index < -0.39 is 0 Å². The Morgan fingerprint density at radius 1 is 1.33 bits per heavy atom. The number of carbonyl (C=O) groups excluding carboxylic acids is 1. The molecule has 9 heteroatoms. The lowest BCUT2D eigenvalue weighted by molar-refractivity contribution is -0.113. The van der Waals surface area contributed by atoms with Gasteiger partial charge >= 0.3 is 0 Å². The Hall–Kier alpha value is -2.68. The third kappa shape index (κ3) is 3.46. The Labute approximate surface area is 142 Å². The minimum atomic E-state index is -0.205. The summed E-state index contributed by atoms with van der Waals surface area (Å²) >= 11 is 1.25. The molecule has 0 unspecified atom stereocenters. The first-order valence-electron chi connectivity index (χ1n) is 7.25. The van der Waals surface area contributed by atoms with Crippen molar-refractivity contribution >= 4 is 23.5 Å². The molecule has 0 atom stereocenters. The molecule has 0 bridgehead atoms. The molecule has 0 fully saturated rings. The van der Waals surface area contributed by atoms with Crippen molar-refractivity contribution in [3.63, 3.8) is 0 Å². The van der Waals surface area contributed by atoms with Crippen LogP contribution < -0.4 is 5.32 Å². The summed E-state index contributed by atoms with van der Waals surface area (Å²) in [5.74, 6) is 0.991. The minimum Gasteiger partial charge on any atom is -0.360 e. The summed E-state index contributed by atoms with van der Waals surface area (Å²) in [4.78, 5) is 12.0. The maximum absolute atomic E-state index is 12.0. The number of thioether (sulfide) groups is 1. The third-order valence-corrected chi connectivity index (χ3v) is 4.39. The molecule has 0 aliphatic carbocycles. The maximum atomic E-state index is 12.0. The van der Waals surface area contributed by atoms with E-state index >= 15 is 0 Å². The largest absolute Gasteiger partial charge is 0.360 e. The van der Waals surface area contributed by atoms with E-state index in [0.29, 0.717) is 16.7 Å². The molecule has 3 rings (SSSR count). The molecule has 2 aromatic heterocycles. The van der Waals surface area contributed by atoms with Gasteiger partial charge in [-0.1, -0.05) is 29.1 Å². The summed E-state index contributed by atoms with van der Waals surface area (Å²) in [7, 11) is 0. The van der Waals surface area contributed by atoms with Gasteiger partial charge in [-0.25, -0.2) is 0 Å². The zero-order chi connectivity index (χ0) is 17.1. The zero-order valence-corrected chi connectivity index (χ0v) is 14.3. The van der Waals surface area contributed by atoms with Gasteiger partial charge in [0, 0.05) is 6.07 Å². The molecule has 124 valence electrons. The predicted octanol–water partition coefficient (Wildman–Crippen LogP) is 2.31. The van der Waals surface area contributed by atoms with Crippen molar-refractivity contribution in [2.24, 2.45) is 0 Å². The van der Waals surface area contributed by atoms with E-state index in [1.165, 1.54) is 11.8 Å². The molecule has 0 saturated heterocycles. The Balaban J connectivity index is 1.70. The Morgan fingerprint density at radius 2 is 2.17 bits per heavy atom. The van der Waals surface area contributed by atoms with Crippen molar-refractivity contribution in [3.05, 3.63) is 41.2 Å². The van der Waals surface area contributed by atoms with Gasteiger partial charge in [-0.05, 0) is 48.4 Å². The number of nitrogens with zero attached hydrogens (tertiary/aromatic N) is 5. The summed E-state index contributed by atoms with van der Waals surface area (Å²) in [6, 6.07) is 7.58. The molecule has 0 aliphatic rings. The first kappa shape index (κ1) is 16.2. The molecule has 0 radical (unpaired) electrons. The van der Waals surface area contributed by atoms with Crippen LogP contribution in [0.15, 0.2) is 33.9 Å². The van der Waals surface area contributed by atoms with Gasteiger partial charge in [0.05, 0.1) is 11.4 Å². The first-order valence-corrected chi connectivity index (χ1v) is 8.24. The maximum Gasteiger partial charge on any atom is 0.236 e. The van der Waals surface area contributed by atoms with Gasteiger partial charge < -0.3 is 9.84 Å². The van der Waals surface area contributed by atoms with Crippen molar-refractivity contribution in [3.8, 4) is 5.69 Å². The molecule has 1 amide bonds. The number of tetrazole rings is 1. The topological polar surface area (TPSA) is 98.7 Å². The second-order valence-corrected chi connectivity index (χ2v) is 6.19. The van der Waals surface area contributed by atoms with E-state index in [0.717, 1.165) is 16.8 Å². The van der Waals surface area contributed by atoms with E-state index in [2.05, 4.69) is 26.0 Å². The molecule has 1 N–H and O–H groups in total. The van der Waals surface area contributed by atoms with Gasteiger partial charge in [-0.3, -0.25) is 4.79 Å². The van der Waals surface area contributed by atoms with Gasteiger partial charge in [0.15, 0.2) is 5.82 Å². The predicted molar refractivity (Wildman–Crippen MR) is 89.2 cm³/mol. The molecule has 1 aromatic carbocycles. The Morgan fingerprint density at radius 3 is 2.92 bits per heavy atom. The smallest absolute Gasteiger partial charge is 0.236 e. The lowest BCUT2D eigenvalue weighted by Crippen LogP contribution is -2.15. The number of carbonyl (C=O) groups is 1. The molecule has 0 spiro atoms. The minimum absolute atomic E-state index is 0.164. The van der Waals surface area contributed by atoms with Crippen molar-refractivity contribution in [1.29, 1.82) is 0 Å². The number of nitrogens with one attached hydrogen (secondary N) is 1. The molecule has 3 aromatic rings. The van der Waals surface area contributed by atoms with Gasteiger partial charge in [-0.2, -0.15) is 4.68 Å². The number of hydrogen-bond acceptors (Lipinski definition) is 7. The van der Waals surface area contributed by atoms with Crippen molar-refractivity contribution in [1.82, 2.24) is 25.4 Å². The summed E-state index contributed by atoms with van der Waals surface area (Å²) in [6.07, 6.45) is 0. The van der Waals surface area contributed by atoms with Crippen LogP contribution in [0.25, 0.3) is 5.69 Å². The van der Waals surface area contributed by atoms with E-state index in [9.17, 15) is 4.79 Å². The quantitative estimate of drug-likeness (QED) is 0.709. The number of benzene rings is 1. The number of aromatic nitrogens is 5. The van der Waals surface area contributed by atoms with Crippen LogP contribution >= 0.6 is 11.8 Å². The molecule has 8 nitrogen and oxygen atoms in total. The molecule has 0 aliphatic heterocycles. The second-order valence-electron chi connectivity index (χ2n) is 5.25. The normalized spacial score (nSPS) is 10.8. The monoisotopic (exact) mass is 344 g/mol. The van der Waals surface area contributed by atoms with Crippen molar-refractivity contribution < 1.29 is 9.32 Å². The molecule has 2 heterocycles. The van der Waals surface area contributed by atoms with Crippen LogP contribution in [0.1, 0.15) is 16.9 Å². The lowest BCUT2D eigenvalue weighted by atomic mass is 10.1. The van der Waals surface area contributed by atoms with Crippen LogP contribution in [-0.4, -0.2) is 37.0 Å². The summed E-state index contributed by atoms with van der Waals surface area (Å²) in [5.41, 5.74) is 3.14. The Bertz CT molecular complexity index is 872. The van der Waals surface area contributed by atoms with Crippen LogP contribution in [-0.2, 0) is 4.79 Å². The number of amides is 1. The highest BCUT2D eigenvalue weighted by Gasteiger charge is 2.14. The SMILES string of the molecule is Cc1cc(NC(=O)CSc2nnnn2-c2cccc(C)c2C)no1. The number of hydrogen-bond donors (Lipinski definition) is 1. The molecule has 0 saturated carbocycles. The Kier molecular flexibility index (Phi) is 4.61. The second kappa shape index (κ2) is 6.83. The van der Waals surface area contributed by atoms with Crippen LogP contribution in [0, 0.1) is 20.8 Å². The summed E-state index contributed by atoms with van der Waals surface area (Å²) in [5, 5.41) is 18.7. The van der Waals surface area contributed by atoms with Crippen LogP contribution in [0.5, 0.6) is 0 Å². The summed E-state index contributed by atoms with van der Waals surface area (Å²) < 4.78 is 6.55. The summed E-state index contributed by atoms with van der Waals surface area (Å²) in [6.45, 7) is 5.81. The number of aryl methyl sites for hydroxylation is 2. The highest BCUT2D eigenvalue weighted by atomic mass is 32.2. The lowest BCUT2D eigenvalue weighted by Gasteiger charge is -2.09. The molecule has 24 heavy (non-hydrogen) atoms. The zero-order valence-electron chi connectivity index (χ0n) is 13.5. The third-order valence-electron chi connectivity index (χ3n) is 3.47. The van der Waals surface area contributed by atoms with Crippen LogP contribution in [0.2, 0.25) is 0 Å². The van der Waals surface area contributed by atoms with E-state index in [1.807, 2.05) is 32.0 Å². The highest BCUT2D eigenvalue weighted by molar-refractivity contribution is 7.99. The van der Waals surface area contributed by atoms with Crippen LogP contribution in [0.3, 0.4) is 0 Å². The van der Waals surface area contributed by atoms with Gasteiger partial charge in [-0.15, -0.1) is 5.10 Å². The first-order chi connectivity index (χ1) is 11.5. The average Bonchev–Trinajstić information content (AvgIpc) is 3.17. The number of anilines is 1. The van der Waals surface area contributed by atoms with E-state index in [-0.39, 0.29) is 11.7 Å². The van der Waals surface area contributed by atoms with Crippen molar-refractivity contribution in [2.45, 2.75) is 25.9 Å². The molecular weight excluding hydrogens is 328 g/mol. The fraction of sp³-hybridized carbons (Fsp3) is 0.267. The van der Waals surface area contributed by atoms with Gasteiger partial charge in [0.25, 0.3) is 0 Å². The van der Waals surface area contributed by atoms with E-state index in [4.69, 9.17) is 4.52 Å². The highest BCUT2D eigenvalue weighted by Crippen LogP contribution is 2.22. The van der Waals surface area contributed by atoms with Gasteiger partial charge in [0.2, 0.25) is 11.1 Å². The standard InChI is InChI=1S/C15H16N6O2S/c1-9-5-4-6-12(11(9)3)21-15(17-19-20-21)24-8-14(22)16-13-7-10(2)23-18-13/h4-7H,8H2,1-3H3,(H,16,18,22). The van der Waals surface area contributed by atoms with E-state index in [1.54, 1.807) is 17.7 Å². The van der Waals surface area contributed by atoms with Crippen LogP contribution in [0.4, 0.5) is 5.82 Å². The average molecular weight is 344 g/mol. The fourth-order valence-electron chi connectivity index (χ4n) is 2.12. The van der Waals surface area contributed by atoms with Gasteiger partial charge in [0.1, 0.15) is 5.76 Å². The molecular formula is C15H16N6O2S. The number of rotatable bonds is 5. The van der Waals surface area contributed by atoms with Crippen molar-refractivity contribution in [2.75, 3.05) is 11.1 Å².